The van der Waals surface area contributed by atoms with Gasteiger partial charge in [-0.05, 0) is 24.0 Å². The van der Waals surface area contributed by atoms with Crippen LogP contribution in [-0.2, 0) is 6.42 Å². The summed E-state index contributed by atoms with van der Waals surface area (Å²) in [5, 5.41) is 8.76. The lowest BCUT2D eigenvalue weighted by Gasteiger charge is -2.07. The number of rotatable bonds is 3. The van der Waals surface area contributed by atoms with E-state index in [0.29, 0.717) is 12.0 Å². The lowest BCUT2D eigenvalue weighted by atomic mass is 10.0. The summed E-state index contributed by atoms with van der Waals surface area (Å²) in [6, 6.07) is 6.67. The molecule has 0 amide bonds. The molecule has 12 heavy (non-hydrogen) atoms. The summed E-state index contributed by atoms with van der Waals surface area (Å²) < 4.78 is 13.0. The van der Waals surface area contributed by atoms with Gasteiger partial charge in [0.25, 0.3) is 0 Å². The molecule has 0 unspecified atom stereocenters. The quantitative estimate of drug-likeness (QED) is 0.731. The Hall–Kier alpha value is -0.890. The molecule has 66 valence electrons. The van der Waals surface area contributed by atoms with E-state index in [2.05, 4.69) is 0 Å². The molecule has 0 aliphatic rings. The lowest BCUT2D eigenvalue weighted by Crippen LogP contribution is -2.05. The molecule has 0 spiro atoms. The van der Waals surface area contributed by atoms with Crippen molar-refractivity contribution in [1.29, 1.82) is 0 Å². The Morgan fingerprint density at radius 3 is 2.67 bits per heavy atom. The van der Waals surface area contributed by atoms with E-state index < -0.39 is 0 Å². The molecule has 0 saturated heterocycles. The molecule has 0 fully saturated rings. The standard InChI is InChI=1S/C10H13FO/c1-8(7-12)6-9-4-2-3-5-10(9)11/h2-5,8,12H,6-7H2,1H3/t8-/m1/s1. The third kappa shape index (κ3) is 2.31. The number of hydrogen-bond donors (Lipinski definition) is 1. The van der Waals surface area contributed by atoms with E-state index in [4.69, 9.17) is 5.11 Å². The predicted molar refractivity (Wildman–Crippen MR) is 46.4 cm³/mol. The van der Waals surface area contributed by atoms with E-state index in [0.717, 1.165) is 0 Å². The fraction of sp³-hybridized carbons (Fsp3) is 0.400. The maximum atomic E-state index is 13.0. The van der Waals surface area contributed by atoms with Crippen molar-refractivity contribution in [1.82, 2.24) is 0 Å². The molecule has 1 aromatic carbocycles. The van der Waals surface area contributed by atoms with Crippen LogP contribution in [-0.4, -0.2) is 11.7 Å². The summed E-state index contributed by atoms with van der Waals surface area (Å²) in [6.07, 6.45) is 0.600. The van der Waals surface area contributed by atoms with Crippen molar-refractivity contribution >= 4 is 0 Å². The summed E-state index contributed by atoms with van der Waals surface area (Å²) in [4.78, 5) is 0. The summed E-state index contributed by atoms with van der Waals surface area (Å²) in [6.45, 7) is 2.00. The van der Waals surface area contributed by atoms with Gasteiger partial charge in [0.05, 0.1) is 0 Å². The van der Waals surface area contributed by atoms with Gasteiger partial charge in [-0.2, -0.15) is 0 Å². The van der Waals surface area contributed by atoms with Crippen LogP contribution in [0.3, 0.4) is 0 Å². The summed E-state index contributed by atoms with van der Waals surface area (Å²) in [5.74, 6) is -0.0558. The average Bonchev–Trinajstić information content (AvgIpc) is 2.09. The van der Waals surface area contributed by atoms with E-state index >= 15 is 0 Å². The van der Waals surface area contributed by atoms with E-state index in [-0.39, 0.29) is 18.3 Å². The van der Waals surface area contributed by atoms with E-state index in [1.54, 1.807) is 12.1 Å². The SMILES string of the molecule is C[C@@H](CO)Cc1ccccc1F. The third-order valence-electron chi connectivity index (χ3n) is 1.84. The zero-order valence-electron chi connectivity index (χ0n) is 7.13. The first-order valence-corrected chi connectivity index (χ1v) is 4.08. The molecule has 2 heteroatoms. The van der Waals surface area contributed by atoms with Crippen LogP contribution in [0.5, 0.6) is 0 Å². The molecule has 1 aromatic rings. The van der Waals surface area contributed by atoms with Crippen molar-refractivity contribution in [2.75, 3.05) is 6.61 Å². The number of aliphatic hydroxyl groups is 1. The molecule has 0 heterocycles. The Labute approximate surface area is 71.9 Å². The van der Waals surface area contributed by atoms with Gasteiger partial charge in [0.15, 0.2) is 0 Å². The summed E-state index contributed by atoms with van der Waals surface area (Å²) >= 11 is 0. The maximum absolute atomic E-state index is 13.0. The van der Waals surface area contributed by atoms with Crippen molar-refractivity contribution < 1.29 is 9.50 Å². The molecule has 1 atom stereocenters. The smallest absolute Gasteiger partial charge is 0.126 e. The van der Waals surface area contributed by atoms with Crippen LogP contribution >= 0.6 is 0 Å². The van der Waals surface area contributed by atoms with Gasteiger partial charge in [-0.1, -0.05) is 25.1 Å². The van der Waals surface area contributed by atoms with Crippen LogP contribution in [0, 0.1) is 11.7 Å². The second kappa shape index (κ2) is 4.21. The number of benzene rings is 1. The Balaban J connectivity index is 2.69. The Morgan fingerprint density at radius 1 is 1.42 bits per heavy atom. The minimum Gasteiger partial charge on any atom is -0.396 e. The van der Waals surface area contributed by atoms with Gasteiger partial charge in [-0.3, -0.25) is 0 Å². The largest absolute Gasteiger partial charge is 0.396 e. The molecule has 1 nitrogen and oxygen atoms in total. The first-order chi connectivity index (χ1) is 5.74. The normalized spacial score (nSPS) is 12.9. The molecule has 1 N–H and O–H groups in total. The van der Waals surface area contributed by atoms with Crippen LogP contribution in [0.15, 0.2) is 24.3 Å². The first-order valence-electron chi connectivity index (χ1n) is 4.08. The highest BCUT2D eigenvalue weighted by Crippen LogP contribution is 2.11. The minimum atomic E-state index is -0.183. The second-order valence-electron chi connectivity index (χ2n) is 3.08. The van der Waals surface area contributed by atoms with Gasteiger partial charge >= 0.3 is 0 Å². The predicted octanol–water partition coefficient (Wildman–Crippen LogP) is 2.00. The zero-order valence-corrected chi connectivity index (χ0v) is 7.13. The van der Waals surface area contributed by atoms with Gasteiger partial charge in [0, 0.05) is 6.61 Å². The van der Waals surface area contributed by atoms with Gasteiger partial charge in [0.2, 0.25) is 0 Å². The van der Waals surface area contributed by atoms with Crippen molar-refractivity contribution in [2.24, 2.45) is 5.92 Å². The molecule has 0 saturated carbocycles. The van der Waals surface area contributed by atoms with Crippen molar-refractivity contribution in [3.63, 3.8) is 0 Å². The zero-order chi connectivity index (χ0) is 8.97. The summed E-state index contributed by atoms with van der Waals surface area (Å²) in [5.41, 5.74) is 0.680. The highest BCUT2D eigenvalue weighted by molar-refractivity contribution is 5.17. The van der Waals surface area contributed by atoms with Crippen molar-refractivity contribution in [3.05, 3.63) is 35.6 Å². The van der Waals surface area contributed by atoms with Gasteiger partial charge in [-0.25, -0.2) is 4.39 Å². The minimum absolute atomic E-state index is 0.105. The van der Waals surface area contributed by atoms with Crippen LogP contribution in [0.4, 0.5) is 4.39 Å². The number of hydrogen-bond acceptors (Lipinski definition) is 1. The topological polar surface area (TPSA) is 20.2 Å². The molecule has 0 radical (unpaired) electrons. The summed E-state index contributed by atoms with van der Waals surface area (Å²) in [7, 11) is 0. The molecule has 0 aliphatic heterocycles. The third-order valence-corrected chi connectivity index (χ3v) is 1.84. The van der Waals surface area contributed by atoms with E-state index in [1.807, 2.05) is 13.0 Å². The second-order valence-corrected chi connectivity index (χ2v) is 3.08. The highest BCUT2D eigenvalue weighted by atomic mass is 19.1. The highest BCUT2D eigenvalue weighted by Gasteiger charge is 2.05. The number of halogens is 1. The Morgan fingerprint density at radius 2 is 2.08 bits per heavy atom. The van der Waals surface area contributed by atoms with E-state index in [1.165, 1.54) is 6.07 Å². The average molecular weight is 168 g/mol. The fourth-order valence-corrected chi connectivity index (χ4v) is 1.10. The van der Waals surface area contributed by atoms with Gasteiger partial charge in [-0.15, -0.1) is 0 Å². The van der Waals surface area contributed by atoms with Crippen LogP contribution in [0.1, 0.15) is 12.5 Å². The van der Waals surface area contributed by atoms with Crippen molar-refractivity contribution in [2.45, 2.75) is 13.3 Å². The van der Waals surface area contributed by atoms with Crippen LogP contribution < -0.4 is 0 Å². The molecular weight excluding hydrogens is 155 g/mol. The molecule has 0 aliphatic carbocycles. The molecular formula is C10H13FO. The number of aliphatic hydroxyl groups excluding tert-OH is 1. The first kappa shape index (κ1) is 9.20. The molecule has 1 rings (SSSR count). The lowest BCUT2D eigenvalue weighted by molar-refractivity contribution is 0.236. The maximum Gasteiger partial charge on any atom is 0.126 e. The van der Waals surface area contributed by atoms with Crippen LogP contribution in [0.2, 0.25) is 0 Å². The van der Waals surface area contributed by atoms with Crippen LogP contribution in [0.25, 0.3) is 0 Å². The Kier molecular flexibility index (Phi) is 3.23. The van der Waals surface area contributed by atoms with Gasteiger partial charge < -0.3 is 5.11 Å². The van der Waals surface area contributed by atoms with Gasteiger partial charge in [0.1, 0.15) is 5.82 Å². The monoisotopic (exact) mass is 168 g/mol. The fourth-order valence-electron chi connectivity index (χ4n) is 1.10. The Bertz CT molecular complexity index is 247. The van der Waals surface area contributed by atoms with E-state index in [9.17, 15) is 4.39 Å². The molecule has 0 aromatic heterocycles. The van der Waals surface area contributed by atoms with Crippen molar-refractivity contribution in [3.8, 4) is 0 Å². The molecule has 0 bridgehead atoms.